The molecule has 0 aromatic heterocycles. The predicted octanol–water partition coefficient (Wildman–Crippen LogP) is 2.51. The molecule has 1 rings (SSSR count). The first-order valence-corrected chi connectivity index (χ1v) is 7.17. The van der Waals surface area contributed by atoms with Gasteiger partial charge in [0.15, 0.2) is 0 Å². The topological polar surface area (TPSA) is 78.4 Å². The monoisotopic (exact) mass is 270 g/mol. The van der Waals surface area contributed by atoms with E-state index in [1.54, 1.807) is 13.8 Å². The molecule has 0 unspecified atom stereocenters. The lowest BCUT2D eigenvalue weighted by atomic mass is 10.0. The van der Waals surface area contributed by atoms with Crippen molar-refractivity contribution in [1.29, 1.82) is 0 Å². The molecule has 0 atom stereocenters. The number of aliphatic carboxylic acids is 1. The zero-order chi connectivity index (χ0) is 14.3. The second-order valence-electron chi connectivity index (χ2n) is 6.13. The fraction of sp³-hybridized carbons (Fsp3) is 0.857. The quantitative estimate of drug-likeness (QED) is 0.622. The van der Waals surface area contributed by atoms with Crippen LogP contribution in [0, 0.1) is 5.92 Å². The van der Waals surface area contributed by atoms with Crippen LogP contribution in [0.5, 0.6) is 0 Å². The molecule has 1 aliphatic rings. The maximum absolute atomic E-state index is 11.6. The number of nitrogens with one attached hydrogen (secondary N) is 2. The maximum Gasteiger partial charge on any atom is 0.315 e. The number of hydrogen-bond acceptors (Lipinski definition) is 2. The highest BCUT2D eigenvalue weighted by Crippen LogP contribution is 2.28. The molecule has 0 aliphatic heterocycles. The molecule has 0 bridgehead atoms. The summed E-state index contributed by atoms with van der Waals surface area (Å²) in [5.74, 6) is -0.0696. The molecule has 1 fully saturated rings. The minimum absolute atomic E-state index is 0.0809. The lowest BCUT2D eigenvalue weighted by molar-refractivity contribution is -0.138. The van der Waals surface area contributed by atoms with Gasteiger partial charge < -0.3 is 15.7 Å². The van der Waals surface area contributed by atoms with Crippen LogP contribution in [0.4, 0.5) is 4.79 Å². The summed E-state index contributed by atoms with van der Waals surface area (Å²) < 4.78 is 0. The SMILES string of the molecule is CC(C)(CC(=O)O)NC(=O)NCCCC1CCCC1. The van der Waals surface area contributed by atoms with E-state index in [0.717, 1.165) is 12.3 Å². The summed E-state index contributed by atoms with van der Waals surface area (Å²) in [6.45, 7) is 4.07. The maximum atomic E-state index is 11.6. The van der Waals surface area contributed by atoms with Crippen molar-refractivity contribution < 1.29 is 14.7 Å². The van der Waals surface area contributed by atoms with Gasteiger partial charge in [-0.2, -0.15) is 0 Å². The molecule has 1 aliphatic carbocycles. The molecule has 2 amide bonds. The van der Waals surface area contributed by atoms with Crippen LogP contribution in [0.25, 0.3) is 0 Å². The Bertz CT molecular complexity index is 310. The van der Waals surface area contributed by atoms with Gasteiger partial charge in [0.25, 0.3) is 0 Å². The Morgan fingerprint density at radius 2 is 1.89 bits per heavy atom. The summed E-state index contributed by atoms with van der Waals surface area (Å²) in [5, 5.41) is 14.2. The van der Waals surface area contributed by atoms with Crippen molar-refractivity contribution in [3.05, 3.63) is 0 Å². The number of rotatable bonds is 7. The summed E-state index contributed by atoms with van der Waals surface area (Å²) in [4.78, 5) is 22.3. The highest BCUT2D eigenvalue weighted by atomic mass is 16.4. The number of urea groups is 1. The Kier molecular flexibility index (Phi) is 6.12. The molecule has 5 nitrogen and oxygen atoms in total. The van der Waals surface area contributed by atoms with Gasteiger partial charge in [-0.3, -0.25) is 4.79 Å². The minimum Gasteiger partial charge on any atom is -0.481 e. The van der Waals surface area contributed by atoms with Crippen LogP contribution in [-0.4, -0.2) is 29.2 Å². The average Bonchev–Trinajstić information content (AvgIpc) is 2.74. The lowest BCUT2D eigenvalue weighted by Gasteiger charge is -2.24. The van der Waals surface area contributed by atoms with E-state index in [1.165, 1.54) is 32.1 Å². The number of carbonyl (C=O) groups is 2. The van der Waals surface area contributed by atoms with E-state index in [2.05, 4.69) is 10.6 Å². The molecular weight excluding hydrogens is 244 g/mol. The standard InChI is InChI=1S/C14H26N2O3/c1-14(2,10-12(17)18)16-13(19)15-9-5-8-11-6-3-4-7-11/h11H,3-10H2,1-2H3,(H,17,18)(H2,15,16,19). The Morgan fingerprint density at radius 3 is 2.47 bits per heavy atom. The molecule has 0 heterocycles. The van der Waals surface area contributed by atoms with Gasteiger partial charge in [0.05, 0.1) is 6.42 Å². The number of hydrogen-bond donors (Lipinski definition) is 3. The van der Waals surface area contributed by atoms with Gasteiger partial charge in [-0.25, -0.2) is 4.79 Å². The van der Waals surface area contributed by atoms with E-state index in [1.807, 2.05) is 0 Å². The molecule has 3 N–H and O–H groups in total. The fourth-order valence-corrected chi connectivity index (χ4v) is 2.67. The summed E-state index contributed by atoms with van der Waals surface area (Å²) >= 11 is 0. The number of carboxylic acid groups (broad SMARTS) is 1. The summed E-state index contributed by atoms with van der Waals surface area (Å²) in [6, 6.07) is -0.280. The molecule has 0 spiro atoms. The molecule has 110 valence electrons. The third-order valence-corrected chi connectivity index (χ3v) is 3.59. The average molecular weight is 270 g/mol. The smallest absolute Gasteiger partial charge is 0.315 e. The van der Waals surface area contributed by atoms with Gasteiger partial charge >= 0.3 is 12.0 Å². The highest BCUT2D eigenvalue weighted by Gasteiger charge is 2.23. The Balaban J connectivity index is 2.11. The zero-order valence-corrected chi connectivity index (χ0v) is 12.0. The highest BCUT2D eigenvalue weighted by molar-refractivity contribution is 5.76. The fourth-order valence-electron chi connectivity index (χ4n) is 2.67. The molecule has 0 aromatic carbocycles. The summed E-state index contributed by atoms with van der Waals surface area (Å²) in [7, 11) is 0. The molecule has 0 radical (unpaired) electrons. The van der Waals surface area contributed by atoms with Crippen LogP contribution in [0.2, 0.25) is 0 Å². The van der Waals surface area contributed by atoms with Crippen molar-refractivity contribution in [2.45, 2.75) is 64.3 Å². The van der Waals surface area contributed by atoms with Crippen molar-refractivity contribution in [2.75, 3.05) is 6.54 Å². The van der Waals surface area contributed by atoms with Crippen LogP contribution < -0.4 is 10.6 Å². The van der Waals surface area contributed by atoms with E-state index in [4.69, 9.17) is 5.11 Å². The van der Waals surface area contributed by atoms with Crippen LogP contribution in [-0.2, 0) is 4.79 Å². The molecule has 1 saturated carbocycles. The molecule has 0 saturated heterocycles. The van der Waals surface area contributed by atoms with Gasteiger partial charge in [0.1, 0.15) is 0 Å². The van der Waals surface area contributed by atoms with Crippen molar-refractivity contribution in [2.24, 2.45) is 5.92 Å². The van der Waals surface area contributed by atoms with Crippen molar-refractivity contribution >= 4 is 12.0 Å². The normalized spacial score (nSPS) is 16.3. The molecule has 19 heavy (non-hydrogen) atoms. The van der Waals surface area contributed by atoms with Crippen LogP contribution >= 0.6 is 0 Å². The van der Waals surface area contributed by atoms with E-state index in [0.29, 0.717) is 6.54 Å². The Hall–Kier alpha value is -1.26. The molecular formula is C14H26N2O3. The first kappa shape index (κ1) is 15.8. The number of carbonyl (C=O) groups excluding carboxylic acids is 1. The van der Waals surface area contributed by atoms with Crippen molar-refractivity contribution in [1.82, 2.24) is 10.6 Å². The Labute approximate surface area is 115 Å². The largest absolute Gasteiger partial charge is 0.481 e. The van der Waals surface area contributed by atoms with Crippen LogP contribution in [0.3, 0.4) is 0 Å². The van der Waals surface area contributed by atoms with E-state index < -0.39 is 11.5 Å². The molecule has 5 heteroatoms. The van der Waals surface area contributed by atoms with Crippen molar-refractivity contribution in [3.63, 3.8) is 0 Å². The second-order valence-corrected chi connectivity index (χ2v) is 6.13. The summed E-state index contributed by atoms with van der Waals surface area (Å²) in [5.41, 5.74) is -0.721. The first-order valence-electron chi connectivity index (χ1n) is 7.17. The van der Waals surface area contributed by atoms with Gasteiger partial charge in [0.2, 0.25) is 0 Å². The van der Waals surface area contributed by atoms with Crippen LogP contribution in [0.15, 0.2) is 0 Å². The van der Waals surface area contributed by atoms with E-state index in [9.17, 15) is 9.59 Å². The zero-order valence-electron chi connectivity index (χ0n) is 12.0. The third-order valence-electron chi connectivity index (χ3n) is 3.59. The minimum atomic E-state index is -0.911. The van der Waals surface area contributed by atoms with Gasteiger partial charge in [-0.15, -0.1) is 0 Å². The molecule has 0 aromatic rings. The second kappa shape index (κ2) is 7.36. The third kappa shape index (κ3) is 7.03. The summed E-state index contributed by atoms with van der Waals surface area (Å²) in [6.07, 6.45) is 7.46. The predicted molar refractivity (Wildman–Crippen MR) is 74.1 cm³/mol. The van der Waals surface area contributed by atoms with Crippen LogP contribution in [0.1, 0.15) is 58.8 Å². The lowest BCUT2D eigenvalue weighted by Crippen LogP contribution is -2.49. The van der Waals surface area contributed by atoms with Gasteiger partial charge in [-0.1, -0.05) is 25.7 Å². The van der Waals surface area contributed by atoms with Crippen molar-refractivity contribution in [3.8, 4) is 0 Å². The number of amides is 2. The van der Waals surface area contributed by atoms with Gasteiger partial charge in [-0.05, 0) is 32.6 Å². The first-order chi connectivity index (χ1) is 8.89. The Morgan fingerprint density at radius 1 is 1.26 bits per heavy atom. The number of carboxylic acids is 1. The van der Waals surface area contributed by atoms with E-state index in [-0.39, 0.29) is 12.5 Å². The van der Waals surface area contributed by atoms with Gasteiger partial charge in [0, 0.05) is 12.1 Å². The van der Waals surface area contributed by atoms with E-state index >= 15 is 0 Å².